The zero-order valence-corrected chi connectivity index (χ0v) is 17.2. The molecule has 1 saturated heterocycles. The number of rotatable bonds is 3. The highest BCUT2D eigenvalue weighted by atomic mass is 127. The molecule has 0 saturated carbocycles. The fourth-order valence-corrected chi connectivity index (χ4v) is 3.28. The van der Waals surface area contributed by atoms with Gasteiger partial charge >= 0.3 is 0 Å². The van der Waals surface area contributed by atoms with Crippen molar-refractivity contribution in [3.63, 3.8) is 0 Å². The summed E-state index contributed by atoms with van der Waals surface area (Å²) < 4.78 is 29.2. The summed E-state index contributed by atoms with van der Waals surface area (Å²) >= 11 is 0. The normalized spacial score (nSPS) is 20.6. The third-order valence-electron chi connectivity index (χ3n) is 4.78. The van der Waals surface area contributed by atoms with E-state index in [1.165, 1.54) is 6.07 Å². The molecule has 2 aromatic rings. The van der Waals surface area contributed by atoms with Crippen LogP contribution in [-0.2, 0) is 6.54 Å². The van der Waals surface area contributed by atoms with Crippen LogP contribution in [0.25, 0.3) is 0 Å². The van der Waals surface area contributed by atoms with Crippen LogP contribution < -0.4 is 5.32 Å². The van der Waals surface area contributed by atoms with E-state index in [1.54, 1.807) is 13.2 Å². The molecule has 2 unspecified atom stereocenters. The lowest BCUT2D eigenvalue weighted by atomic mass is 9.93. The van der Waals surface area contributed by atoms with E-state index >= 15 is 0 Å². The number of halogens is 3. The summed E-state index contributed by atoms with van der Waals surface area (Å²) in [6.45, 7) is 4.10. The van der Waals surface area contributed by atoms with Crippen LogP contribution in [0.3, 0.4) is 0 Å². The number of likely N-dealkylation sites (tertiary alicyclic amines) is 1. The van der Waals surface area contributed by atoms with E-state index in [0.717, 1.165) is 31.6 Å². The van der Waals surface area contributed by atoms with Crippen LogP contribution in [-0.4, -0.2) is 40.5 Å². The summed E-state index contributed by atoms with van der Waals surface area (Å²) in [5, 5.41) is 3.15. The first-order chi connectivity index (χ1) is 12.1. The Hall–Kier alpha value is -1.71. The first-order valence-electron chi connectivity index (χ1n) is 8.45. The van der Waals surface area contributed by atoms with Gasteiger partial charge in [0.2, 0.25) is 0 Å². The Morgan fingerprint density at radius 1 is 1.38 bits per heavy atom. The lowest BCUT2D eigenvalue weighted by Gasteiger charge is -2.39. The number of nitrogens with one attached hydrogen (secondary N) is 1. The van der Waals surface area contributed by atoms with Gasteiger partial charge in [-0.25, -0.2) is 13.8 Å². The van der Waals surface area contributed by atoms with Gasteiger partial charge in [-0.1, -0.05) is 6.92 Å². The Morgan fingerprint density at radius 2 is 2.19 bits per heavy atom. The van der Waals surface area contributed by atoms with Crippen molar-refractivity contribution in [3.05, 3.63) is 54.1 Å². The predicted octanol–water partition coefficient (Wildman–Crippen LogP) is 3.44. The van der Waals surface area contributed by atoms with Crippen LogP contribution in [0.2, 0.25) is 0 Å². The van der Waals surface area contributed by atoms with Crippen molar-refractivity contribution in [1.29, 1.82) is 0 Å². The maximum Gasteiger partial charge on any atom is 0.193 e. The van der Waals surface area contributed by atoms with Crippen molar-refractivity contribution in [1.82, 2.24) is 19.8 Å². The smallest absolute Gasteiger partial charge is 0.193 e. The number of aromatic nitrogens is 2. The van der Waals surface area contributed by atoms with Gasteiger partial charge in [0.25, 0.3) is 0 Å². The summed E-state index contributed by atoms with van der Waals surface area (Å²) in [6.07, 6.45) is 6.62. The molecule has 1 aromatic heterocycles. The number of benzene rings is 1. The fraction of sp³-hybridized carbons (Fsp3) is 0.444. The van der Waals surface area contributed by atoms with E-state index in [1.807, 2.05) is 12.5 Å². The number of imidazole rings is 1. The minimum Gasteiger partial charge on any atom is -0.352 e. The molecule has 0 spiro atoms. The Bertz CT molecular complexity index is 735. The molecule has 0 amide bonds. The molecule has 0 radical (unpaired) electrons. The molecule has 5 nitrogen and oxygen atoms in total. The molecule has 142 valence electrons. The van der Waals surface area contributed by atoms with Gasteiger partial charge in [0.05, 0.1) is 12.4 Å². The standard InChI is InChI=1S/C18H23F2N5.HI/c1-13-5-7-24(11-17(13)25-8-6-22-12-25)18(21-2)23-10-14-9-15(19)3-4-16(14)20;/h3-4,6,8-9,12-13,17H,5,7,10-11H2,1-2H3,(H,21,23);1H. The van der Waals surface area contributed by atoms with Crippen molar-refractivity contribution < 1.29 is 8.78 Å². The summed E-state index contributed by atoms with van der Waals surface area (Å²) in [4.78, 5) is 10.6. The minimum absolute atomic E-state index is 0. The highest BCUT2D eigenvalue weighted by Gasteiger charge is 2.28. The zero-order valence-electron chi connectivity index (χ0n) is 14.9. The average molecular weight is 475 g/mol. The molecule has 1 N–H and O–H groups in total. The highest BCUT2D eigenvalue weighted by Crippen LogP contribution is 2.27. The van der Waals surface area contributed by atoms with Crippen LogP contribution in [0.4, 0.5) is 8.78 Å². The molecular formula is C18H24F2IN5. The molecule has 2 heterocycles. The Morgan fingerprint density at radius 3 is 2.88 bits per heavy atom. The number of hydrogen-bond donors (Lipinski definition) is 1. The Balaban J connectivity index is 0.00000243. The lowest BCUT2D eigenvalue weighted by Crippen LogP contribution is -2.48. The number of nitrogens with zero attached hydrogens (tertiary/aromatic N) is 4. The molecule has 2 atom stereocenters. The second-order valence-corrected chi connectivity index (χ2v) is 6.43. The molecule has 3 rings (SSSR count). The van der Waals surface area contributed by atoms with Crippen LogP contribution in [0.5, 0.6) is 0 Å². The van der Waals surface area contributed by atoms with E-state index in [2.05, 4.69) is 31.7 Å². The van der Waals surface area contributed by atoms with E-state index in [-0.39, 0.29) is 36.1 Å². The zero-order chi connectivity index (χ0) is 17.8. The first-order valence-corrected chi connectivity index (χ1v) is 8.45. The third-order valence-corrected chi connectivity index (χ3v) is 4.78. The quantitative estimate of drug-likeness (QED) is 0.421. The molecule has 8 heteroatoms. The molecule has 1 aromatic carbocycles. The van der Waals surface area contributed by atoms with Crippen molar-refractivity contribution in [2.45, 2.75) is 25.9 Å². The van der Waals surface area contributed by atoms with Crippen molar-refractivity contribution in [3.8, 4) is 0 Å². The monoisotopic (exact) mass is 475 g/mol. The van der Waals surface area contributed by atoms with Gasteiger partial charge in [-0.3, -0.25) is 4.99 Å². The van der Waals surface area contributed by atoms with Gasteiger partial charge in [-0.05, 0) is 30.5 Å². The van der Waals surface area contributed by atoms with Crippen LogP contribution in [0.1, 0.15) is 24.9 Å². The molecule has 1 fully saturated rings. The van der Waals surface area contributed by atoms with Gasteiger partial charge in [0.15, 0.2) is 5.96 Å². The van der Waals surface area contributed by atoms with E-state index in [9.17, 15) is 8.78 Å². The lowest BCUT2D eigenvalue weighted by molar-refractivity contribution is 0.189. The number of guanidine groups is 1. The molecule has 26 heavy (non-hydrogen) atoms. The fourth-order valence-electron chi connectivity index (χ4n) is 3.28. The Kier molecular flexibility index (Phi) is 7.36. The van der Waals surface area contributed by atoms with Crippen molar-refractivity contribution >= 4 is 29.9 Å². The predicted molar refractivity (Wildman–Crippen MR) is 109 cm³/mol. The molecule has 1 aliphatic rings. The van der Waals surface area contributed by atoms with Crippen LogP contribution >= 0.6 is 24.0 Å². The van der Waals surface area contributed by atoms with E-state index < -0.39 is 11.6 Å². The van der Waals surface area contributed by atoms with Gasteiger partial charge < -0.3 is 14.8 Å². The molecular weight excluding hydrogens is 451 g/mol. The van der Waals surface area contributed by atoms with E-state index in [0.29, 0.717) is 17.9 Å². The van der Waals surface area contributed by atoms with E-state index in [4.69, 9.17) is 0 Å². The first kappa shape index (κ1) is 20.6. The third kappa shape index (κ3) is 4.72. The summed E-state index contributed by atoms with van der Waals surface area (Å²) in [5.74, 6) is 0.359. The Labute approximate surface area is 169 Å². The van der Waals surface area contributed by atoms with Crippen molar-refractivity contribution in [2.24, 2.45) is 10.9 Å². The maximum absolute atomic E-state index is 13.8. The highest BCUT2D eigenvalue weighted by molar-refractivity contribution is 14.0. The maximum atomic E-state index is 13.8. The van der Waals surface area contributed by atoms with Gasteiger partial charge in [0.1, 0.15) is 11.6 Å². The van der Waals surface area contributed by atoms with Crippen molar-refractivity contribution in [2.75, 3.05) is 20.1 Å². The number of aliphatic imine (C=N–C) groups is 1. The molecule has 1 aliphatic heterocycles. The van der Waals surface area contributed by atoms with Gasteiger partial charge in [-0.15, -0.1) is 24.0 Å². The summed E-state index contributed by atoms with van der Waals surface area (Å²) in [7, 11) is 1.70. The second-order valence-electron chi connectivity index (χ2n) is 6.43. The molecule has 0 aliphatic carbocycles. The van der Waals surface area contributed by atoms with Crippen LogP contribution in [0.15, 0.2) is 41.9 Å². The largest absolute Gasteiger partial charge is 0.352 e. The van der Waals surface area contributed by atoms with Crippen LogP contribution in [0, 0.1) is 17.6 Å². The molecule has 0 bridgehead atoms. The van der Waals surface area contributed by atoms with Gasteiger partial charge in [0, 0.05) is 44.6 Å². The van der Waals surface area contributed by atoms with Gasteiger partial charge in [-0.2, -0.15) is 0 Å². The number of hydrogen-bond acceptors (Lipinski definition) is 2. The summed E-state index contributed by atoms with van der Waals surface area (Å²) in [5.41, 5.74) is 0.290. The average Bonchev–Trinajstić information content (AvgIpc) is 3.14. The minimum atomic E-state index is -0.444. The second kappa shape index (κ2) is 9.29. The SMILES string of the molecule is CN=C(NCc1cc(F)ccc1F)N1CCC(C)C(n2ccnc2)C1.I. The topological polar surface area (TPSA) is 45.5 Å². The number of piperidine rings is 1. The summed E-state index contributed by atoms with van der Waals surface area (Å²) in [6, 6.07) is 3.78.